The highest BCUT2D eigenvalue weighted by atomic mass is 16.6. The van der Waals surface area contributed by atoms with E-state index in [0.29, 0.717) is 19.5 Å². The van der Waals surface area contributed by atoms with Gasteiger partial charge in [-0.25, -0.2) is 4.79 Å². The number of carbonyl (C=O) groups excluding carboxylic acids is 1. The van der Waals surface area contributed by atoms with Crippen molar-refractivity contribution in [2.24, 2.45) is 22.9 Å². The van der Waals surface area contributed by atoms with E-state index in [4.69, 9.17) is 27.7 Å². The second-order valence-corrected chi connectivity index (χ2v) is 11.0. The second kappa shape index (κ2) is 13.8. The van der Waals surface area contributed by atoms with E-state index in [1.807, 2.05) is 43.1 Å². The summed E-state index contributed by atoms with van der Waals surface area (Å²) in [6.45, 7) is 9.47. The zero-order chi connectivity index (χ0) is 27.9. The number of nitrogens with one attached hydrogen (secondary N) is 3. The average molecular weight is 525 g/mol. The molecular weight excluding hydrogens is 476 g/mol. The highest BCUT2D eigenvalue weighted by Crippen LogP contribution is 2.24. The number of benzene rings is 1. The lowest BCUT2D eigenvalue weighted by atomic mass is 9.87. The van der Waals surface area contributed by atoms with Crippen LogP contribution in [0.5, 0.6) is 0 Å². The molecule has 12 heteroatoms. The molecule has 1 aliphatic heterocycles. The number of aliphatic hydroxyl groups excluding tert-OH is 2. The first-order valence-electron chi connectivity index (χ1n) is 12.9. The zero-order valence-corrected chi connectivity index (χ0v) is 22.7. The van der Waals surface area contributed by atoms with Gasteiger partial charge in [0.15, 0.2) is 0 Å². The minimum absolute atomic E-state index is 0.0364. The van der Waals surface area contributed by atoms with Crippen molar-refractivity contribution in [2.75, 3.05) is 25.5 Å². The predicted molar refractivity (Wildman–Crippen MR) is 145 cm³/mol. The molecule has 0 saturated carbocycles. The van der Waals surface area contributed by atoms with Gasteiger partial charge in [-0.2, -0.15) is 0 Å². The van der Waals surface area contributed by atoms with E-state index in [2.05, 4.69) is 36.7 Å². The van der Waals surface area contributed by atoms with Crippen LogP contribution < -0.4 is 38.9 Å². The fourth-order valence-electron chi connectivity index (χ4n) is 4.14. The van der Waals surface area contributed by atoms with Gasteiger partial charge in [0.2, 0.25) is 0 Å². The molecule has 7 atom stereocenters. The van der Waals surface area contributed by atoms with E-state index in [0.717, 1.165) is 12.1 Å². The van der Waals surface area contributed by atoms with Crippen molar-refractivity contribution in [2.45, 2.75) is 94.9 Å². The van der Waals surface area contributed by atoms with E-state index in [1.54, 1.807) is 0 Å². The molecule has 12 nitrogen and oxygen atoms in total. The predicted octanol–water partition coefficient (Wildman–Crippen LogP) is -0.902. The van der Waals surface area contributed by atoms with Gasteiger partial charge in [0, 0.05) is 18.3 Å². The maximum atomic E-state index is 12.5. The SMILES string of the molecule is CC[C@@H](CCN(C)C[C@H]1O[C@@H](NC(N)C(N)C(N)N)[C@H](O)[C@@H]1O)NC(=O)Nc1ccc(C(C)(C)C)cc1. The highest BCUT2D eigenvalue weighted by Gasteiger charge is 2.43. The molecule has 2 rings (SSSR count). The molecule has 2 unspecified atom stereocenters. The lowest BCUT2D eigenvalue weighted by Crippen LogP contribution is -2.64. The maximum Gasteiger partial charge on any atom is 0.319 e. The molecule has 0 aromatic heterocycles. The summed E-state index contributed by atoms with van der Waals surface area (Å²) in [5.41, 5.74) is 24.9. The first-order valence-corrected chi connectivity index (χ1v) is 12.9. The largest absolute Gasteiger partial charge is 0.387 e. The fourth-order valence-corrected chi connectivity index (χ4v) is 4.14. The number of rotatable bonds is 12. The number of ether oxygens (including phenoxy) is 1. The van der Waals surface area contributed by atoms with Crippen LogP contribution in [0.3, 0.4) is 0 Å². The molecule has 0 aliphatic carbocycles. The van der Waals surface area contributed by atoms with Gasteiger partial charge >= 0.3 is 6.03 Å². The van der Waals surface area contributed by atoms with Crippen molar-refractivity contribution in [3.8, 4) is 0 Å². The normalized spacial score (nSPS) is 24.8. The molecule has 1 aliphatic rings. The van der Waals surface area contributed by atoms with E-state index < -0.39 is 42.9 Å². The molecule has 0 bridgehead atoms. The minimum atomic E-state index is -1.18. The Kier molecular flexibility index (Phi) is 11.7. The molecule has 13 N–H and O–H groups in total. The van der Waals surface area contributed by atoms with Gasteiger partial charge in [-0.3, -0.25) is 5.32 Å². The highest BCUT2D eigenvalue weighted by molar-refractivity contribution is 5.89. The monoisotopic (exact) mass is 524 g/mol. The molecule has 1 heterocycles. The summed E-state index contributed by atoms with van der Waals surface area (Å²) >= 11 is 0. The molecular formula is C25H48N8O4. The number of hydrogen-bond donors (Lipinski definition) is 9. The van der Waals surface area contributed by atoms with Gasteiger partial charge in [0.25, 0.3) is 0 Å². The fraction of sp³-hybridized carbons (Fsp3) is 0.720. The topological polar surface area (TPSA) is 210 Å². The van der Waals surface area contributed by atoms with E-state index in [-0.39, 0.29) is 17.5 Å². The molecule has 1 aromatic rings. The van der Waals surface area contributed by atoms with Crippen LogP contribution in [0.1, 0.15) is 46.1 Å². The number of urea groups is 1. The average Bonchev–Trinajstić information content (AvgIpc) is 3.08. The van der Waals surface area contributed by atoms with Crippen molar-refractivity contribution < 1.29 is 19.7 Å². The number of carbonyl (C=O) groups is 1. The van der Waals surface area contributed by atoms with Gasteiger partial charge in [-0.1, -0.05) is 39.8 Å². The third-order valence-electron chi connectivity index (χ3n) is 6.77. The number of hydrogen-bond acceptors (Lipinski definition) is 10. The molecule has 37 heavy (non-hydrogen) atoms. The summed E-state index contributed by atoms with van der Waals surface area (Å²) < 4.78 is 5.80. The Morgan fingerprint density at radius 2 is 1.73 bits per heavy atom. The van der Waals surface area contributed by atoms with Crippen LogP contribution >= 0.6 is 0 Å². The third kappa shape index (κ3) is 9.43. The number of anilines is 1. The Morgan fingerprint density at radius 3 is 2.27 bits per heavy atom. The molecule has 0 radical (unpaired) electrons. The van der Waals surface area contributed by atoms with Gasteiger partial charge in [0.1, 0.15) is 24.5 Å². The molecule has 1 aromatic carbocycles. The number of aliphatic hydroxyl groups is 2. The first-order chi connectivity index (χ1) is 17.2. The van der Waals surface area contributed by atoms with Crippen molar-refractivity contribution in [1.82, 2.24) is 15.5 Å². The van der Waals surface area contributed by atoms with E-state index in [1.165, 1.54) is 5.56 Å². The molecule has 2 amide bonds. The number of amides is 2. The Bertz CT molecular complexity index is 835. The Hall–Kier alpha value is -1.87. The number of nitrogens with zero attached hydrogens (tertiary/aromatic N) is 1. The summed E-state index contributed by atoms with van der Waals surface area (Å²) in [5.74, 6) is 0. The lowest BCUT2D eigenvalue weighted by molar-refractivity contribution is -0.0283. The zero-order valence-electron chi connectivity index (χ0n) is 22.7. The summed E-state index contributed by atoms with van der Waals surface area (Å²) in [6, 6.07) is 6.81. The standard InChI is InChI=1S/C25H48N8O4/c1-6-15(30-24(36)31-16-9-7-14(8-10-16)25(2,3)4)11-12-33(5)13-17-19(34)20(35)23(37-17)32-22(29)18(26)21(27)28/h7-10,15,17-23,32,34-35H,6,11-13,26-29H2,1-5H3,(H2,30,31,36)/t15-,17+,18?,19+,20+,22?,23+/m0/s1. The van der Waals surface area contributed by atoms with Crippen molar-refractivity contribution in [3.63, 3.8) is 0 Å². The van der Waals surface area contributed by atoms with Crippen LogP contribution in [0, 0.1) is 0 Å². The minimum Gasteiger partial charge on any atom is -0.387 e. The Labute approximate surface area is 220 Å². The molecule has 212 valence electrons. The first kappa shape index (κ1) is 31.3. The van der Waals surface area contributed by atoms with Crippen molar-refractivity contribution >= 4 is 11.7 Å². The van der Waals surface area contributed by atoms with Crippen LogP contribution in [-0.2, 0) is 10.2 Å². The molecule has 1 saturated heterocycles. The summed E-state index contributed by atoms with van der Waals surface area (Å²) in [4.78, 5) is 14.5. The quantitative estimate of drug-likeness (QED) is 0.154. The van der Waals surface area contributed by atoms with Gasteiger partial charge in [-0.15, -0.1) is 0 Å². The van der Waals surface area contributed by atoms with Crippen LogP contribution in [0.15, 0.2) is 24.3 Å². The van der Waals surface area contributed by atoms with Crippen LogP contribution in [0.4, 0.5) is 10.5 Å². The van der Waals surface area contributed by atoms with Crippen LogP contribution in [-0.4, -0.2) is 90.2 Å². The van der Waals surface area contributed by atoms with Gasteiger partial charge < -0.3 is 53.4 Å². The Balaban J connectivity index is 1.80. The second-order valence-electron chi connectivity index (χ2n) is 11.0. The van der Waals surface area contributed by atoms with Crippen LogP contribution in [0.25, 0.3) is 0 Å². The summed E-state index contributed by atoms with van der Waals surface area (Å²) in [7, 11) is 1.89. The molecule has 1 fully saturated rings. The summed E-state index contributed by atoms with van der Waals surface area (Å²) in [6.07, 6.45) is -4.03. The molecule has 0 spiro atoms. The number of nitrogens with two attached hydrogens (primary N) is 4. The van der Waals surface area contributed by atoms with Crippen molar-refractivity contribution in [1.29, 1.82) is 0 Å². The van der Waals surface area contributed by atoms with Crippen LogP contribution in [0.2, 0.25) is 0 Å². The third-order valence-corrected chi connectivity index (χ3v) is 6.77. The summed E-state index contributed by atoms with van der Waals surface area (Å²) in [5, 5.41) is 29.6. The van der Waals surface area contributed by atoms with Crippen molar-refractivity contribution in [3.05, 3.63) is 29.8 Å². The van der Waals surface area contributed by atoms with Gasteiger partial charge in [0.05, 0.1) is 18.4 Å². The smallest absolute Gasteiger partial charge is 0.319 e. The number of likely N-dealkylation sites (N-methyl/N-ethyl adjacent to an activating group) is 1. The lowest BCUT2D eigenvalue weighted by Gasteiger charge is -2.28. The van der Waals surface area contributed by atoms with E-state index >= 15 is 0 Å². The Morgan fingerprint density at radius 1 is 1.11 bits per heavy atom. The maximum absolute atomic E-state index is 12.5. The van der Waals surface area contributed by atoms with E-state index in [9.17, 15) is 15.0 Å². The van der Waals surface area contributed by atoms with Gasteiger partial charge in [-0.05, 0) is 49.5 Å².